The molecule has 0 aliphatic heterocycles. The zero-order chi connectivity index (χ0) is 7.33. The predicted molar refractivity (Wildman–Crippen MR) is 31.1 cm³/mol. The molecule has 0 aromatic heterocycles. The van der Waals surface area contributed by atoms with E-state index in [-0.39, 0.29) is 42.5 Å². The molecular formula is C4H10NaO4P. The number of hydrogen-bond acceptors (Lipinski definition) is 4. The van der Waals surface area contributed by atoms with E-state index in [0.29, 0.717) is 0 Å². The van der Waals surface area contributed by atoms with E-state index in [4.69, 9.17) is 0 Å². The molecule has 0 aliphatic carbocycles. The van der Waals surface area contributed by atoms with Crippen LogP contribution in [-0.4, -0.2) is 20.1 Å². The first-order valence-electron chi connectivity index (χ1n) is 2.56. The Morgan fingerprint density at radius 2 is 2.10 bits per heavy atom. The molecule has 1 unspecified atom stereocenters. The van der Waals surface area contributed by atoms with Crippen LogP contribution in [0.2, 0.25) is 0 Å². The molecule has 0 rings (SSSR count). The smallest absolute Gasteiger partial charge is 0.777 e. The first-order valence-corrected chi connectivity index (χ1v) is 4.28. The second-order valence-electron chi connectivity index (χ2n) is 1.45. The third-order valence-electron chi connectivity index (χ3n) is 0.613. The fourth-order valence-electron chi connectivity index (χ4n) is 0.392. The maximum atomic E-state index is 10.5. The van der Waals surface area contributed by atoms with E-state index in [2.05, 4.69) is 9.26 Å². The van der Waals surface area contributed by atoms with Crippen molar-refractivity contribution in [2.75, 3.05) is 20.1 Å². The van der Waals surface area contributed by atoms with Crippen LogP contribution < -0.4 is 34.5 Å². The van der Waals surface area contributed by atoms with E-state index in [1.807, 2.05) is 0 Å². The Bertz CT molecular complexity index is 108. The van der Waals surface area contributed by atoms with Gasteiger partial charge in [-0.3, -0.25) is 0 Å². The molecule has 0 fully saturated rings. The molecule has 0 aromatic rings. The third-order valence-corrected chi connectivity index (χ3v) is 1.84. The van der Waals surface area contributed by atoms with Gasteiger partial charge in [0.2, 0.25) is 0 Å². The Hall–Kier alpha value is 1.11. The van der Waals surface area contributed by atoms with Gasteiger partial charge in [0.15, 0.2) is 7.60 Å². The molecule has 0 spiro atoms. The van der Waals surface area contributed by atoms with Gasteiger partial charge in [0, 0.05) is 7.11 Å². The number of ether oxygens (including phenoxy) is 1. The van der Waals surface area contributed by atoms with Gasteiger partial charge in [0.1, 0.15) is 6.35 Å². The average molecular weight is 176 g/mol. The molecule has 0 aromatic carbocycles. The topological polar surface area (TPSA) is 58.6 Å². The second-order valence-corrected chi connectivity index (χ2v) is 3.18. The minimum absolute atomic E-state index is 0. The molecule has 0 radical (unpaired) electrons. The number of methoxy groups -OCH3 is 1. The van der Waals surface area contributed by atoms with Crippen LogP contribution in [0.4, 0.5) is 0 Å². The fourth-order valence-corrected chi connectivity index (χ4v) is 1.18. The van der Waals surface area contributed by atoms with Gasteiger partial charge in [-0.05, 0) is 6.92 Å². The summed E-state index contributed by atoms with van der Waals surface area (Å²) in [5, 5.41) is 0. The van der Waals surface area contributed by atoms with Crippen molar-refractivity contribution in [3.8, 4) is 0 Å². The van der Waals surface area contributed by atoms with Gasteiger partial charge in [-0.1, -0.05) is 0 Å². The molecule has 56 valence electrons. The summed E-state index contributed by atoms with van der Waals surface area (Å²) in [5.74, 6) is 0. The molecular weight excluding hydrogens is 166 g/mol. The third kappa shape index (κ3) is 7.22. The molecule has 0 saturated heterocycles. The Morgan fingerprint density at radius 3 is 2.40 bits per heavy atom. The maximum Gasteiger partial charge on any atom is 1.00 e. The van der Waals surface area contributed by atoms with Crippen LogP contribution >= 0.6 is 7.60 Å². The molecule has 0 saturated carbocycles. The van der Waals surface area contributed by atoms with Crippen LogP contribution in [0.3, 0.4) is 0 Å². The van der Waals surface area contributed by atoms with Crippen LogP contribution in [0.5, 0.6) is 0 Å². The molecule has 6 heteroatoms. The SMILES string of the molecule is CCOP(=O)([O-])COC.[Na+]. The van der Waals surface area contributed by atoms with Crippen LogP contribution in [0, 0.1) is 0 Å². The van der Waals surface area contributed by atoms with Gasteiger partial charge in [0.25, 0.3) is 0 Å². The Labute approximate surface area is 82.7 Å². The molecule has 0 aliphatic rings. The maximum absolute atomic E-state index is 10.5. The summed E-state index contributed by atoms with van der Waals surface area (Å²) in [4.78, 5) is 10.5. The zero-order valence-electron chi connectivity index (χ0n) is 6.49. The molecule has 1 atom stereocenters. The van der Waals surface area contributed by atoms with Crippen molar-refractivity contribution < 1.29 is 48.3 Å². The predicted octanol–water partition coefficient (Wildman–Crippen LogP) is -2.82. The largest absolute Gasteiger partial charge is 1.00 e. The van der Waals surface area contributed by atoms with E-state index in [9.17, 15) is 9.46 Å². The molecule has 0 bridgehead atoms. The summed E-state index contributed by atoms with van der Waals surface area (Å²) in [6.07, 6.45) is -0.346. The summed E-state index contributed by atoms with van der Waals surface area (Å²) in [6, 6.07) is 0. The minimum atomic E-state index is -3.66. The van der Waals surface area contributed by atoms with E-state index >= 15 is 0 Å². The van der Waals surface area contributed by atoms with Gasteiger partial charge in [-0.25, -0.2) is 0 Å². The quantitative estimate of drug-likeness (QED) is 0.342. The normalized spacial score (nSPS) is 15.5. The Kier molecular flexibility index (Phi) is 9.30. The van der Waals surface area contributed by atoms with Gasteiger partial charge in [-0.2, -0.15) is 0 Å². The van der Waals surface area contributed by atoms with E-state index < -0.39 is 7.60 Å². The summed E-state index contributed by atoms with van der Waals surface area (Å²) < 4.78 is 19.2. The molecule has 4 nitrogen and oxygen atoms in total. The van der Waals surface area contributed by atoms with Gasteiger partial charge in [0.05, 0.1) is 6.61 Å². The Balaban J connectivity index is 0. The number of rotatable bonds is 4. The van der Waals surface area contributed by atoms with Gasteiger partial charge < -0.3 is 18.7 Å². The molecule has 0 N–H and O–H groups in total. The second kappa shape index (κ2) is 6.80. The van der Waals surface area contributed by atoms with E-state index in [1.54, 1.807) is 6.92 Å². The molecule has 0 amide bonds. The summed E-state index contributed by atoms with van der Waals surface area (Å²) >= 11 is 0. The van der Waals surface area contributed by atoms with Crippen LogP contribution in [0.15, 0.2) is 0 Å². The molecule has 10 heavy (non-hydrogen) atoms. The van der Waals surface area contributed by atoms with Crippen molar-refractivity contribution in [2.24, 2.45) is 0 Å². The van der Waals surface area contributed by atoms with Crippen molar-refractivity contribution >= 4 is 7.60 Å². The van der Waals surface area contributed by atoms with Crippen molar-refractivity contribution in [3.05, 3.63) is 0 Å². The summed E-state index contributed by atoms with van der Waals surface area (Å²) in [5.41, 5.74) is 0. The fraction of sp³-hybridized carbons (Fsp3) is 1.00. The summed E-state index contributed by atoms with van der Waals surface area (Å²) in [6.45, 7) is 1.78. The number of hydrogen-bond donors (Lipinski definition) is 0. The van der Waals surface area contributed by atoms with Crippen LogP contribution in [0.25, 0.3) is 0 Å². The monoisotopic (exact) mass is 176 g/mol. The van der Waals surface area contributed by atoms with Crippen molar-refractivity contribution in [3.63, 3.8) is 0 Å². The van der Waals surface area contributed by atoms with Crippen LogP contribution in [0.1, 0.15) is 6.92 Å². The first kappa shape index (κ1) is 13.7. The van der Waals surface area contributed by atoms with Crippen molar-refractivity contribution in [2.45, 2.75) is 6.92 Å². The zero-order valence-corrected chi connectivity index (χ0v) is 9.39. The van der Waals surface area contributed by atoms with Crippen LogP contribution in [-0.2, 0) is 13.8 Å². The van der Waals surface area contributed by atoms with E-state index in [1.165, 1.54) is 7.11 Å². The molecule has 0 heterocycles. The standard InChI is InChI=1S/C4H11O4P.Na/c1-3-8-9(5,6)4-7-2;/h3-4H2,1-2H3,(H,5,6);/q;+1/p-1. The minimum Gasteiger partial charge on any atom is -0.777 e. The van der Waals surface area contributed by atoms with Gasteiger partial charge >= 0.3 is 29.6 Å². The van der Waals surface area contributed by atoms with Crippen molar-refractivity contribution in [1.82, 2.24) is 0 Å². The van der Waals surface area contributed by atoms with Gasteiger partial charge in [-0.15, -0.1) is 0 Å². The van der Waals surface area contributed by atoms with E-state index in [0.717, 1.165) is 0 Å². The summed E-state index contributed by atoms with van der Waals surface area (Å²) in [7, 11) is -2.36. The average Bonchev–Trinajstić information content (AvgIpc) is 1.64. The van der Waals surface area contributed by atoms with Crippen molar-refractivity contribution in [1.29, 1.82) is 0 Å². The Morgan fingerprint density at radius 1 is 1.60 bits per heavy atom. The first-order chi connectivity index (χ1) is 4.12.